The summed E-state index contributed by atoms with van der Waals surface area (Å²) < 4.78 is 0. The number of carbonyl (C=O) groups is 1. The molecular weight excluding hydrogens is 310 g/mol. The van der Waals surface area contributed by atoms with Gasteiger partial charge >= 0.3 is 0 Å². The van der Waals surface area contributed by atoms with Gasteiger partial charge in [-0.05, 0) is 29.9 Å². The summed E-state index contributed by atoms with van der Waals surface area (Å²) in [6.07, 6.45) is 4.06. The van der Waals surface area contributed by atoms with E-state index in [2.05, 4.69) is 40.1 Å². The molecule has 4 N–H and O–H groups in total. The summed E-state index contributed by atoms with van der Waals surface area (Å²) in [6.45, 7) is 0.980. The van der Waals surface area contributed by atoms with Crippen molar-refractivity contribution in [3.63, 3.8) is 0 Å². The Morgan fingerprint density at radius 1 is 1.35 bits per heavy atom. The van der Waals surface area contributed by atoms with Crippen LogP contribution >= 0.6 is 11.8 Å². The third-order valence-corrected chi connectivity index (χ3v) is 4.84. The van der Waals surface area contributed by atoms with Gasteiger partial charge in [0.15, 0.2) is 0 Å². The molecule has 1 amide bonds. The SMILES string of the molecule is CSc1cc[nH]c1-c1ccc(CNC(=O)C2CC(O)CN2)cc1. The van der Waals surface area contributed by atoms with E-state index in [9.17, 15) is 9.90 Å². The number of aromatic amines is 1. The van der Waals surface area contributed by atoms with Gasteiger partial charge in [0.05, 0.1) is 17.8 Å². The number of hydrogen-bond donors (Lipinski definition) is 4. The van der Waals surface area contributed by atoms with Crippen LogP contribution in [0.4, 0.5) is 0 Å². The molecule has 0 bridgehead atoms. The van der Waals surface area contributed by atoms with Crippen molar-refractivity contribution >= 4 is 17.7 Å². The maximum absolute atomic E-state index is 12.0. The number of carbonyl (C=O) groups excluding carboxylic acids is 1. The predicted molar refractivity (Wildman–Crippen MR) is 92.3 cm³/mol. The number of β-amino-alcohol motifs (C(OH)–C–C–N with tert-alkyl or cyclic N) is 1. The minimum absolute atomic E-state index is 0.0559. The number of rotatable bonds is 5. The Balaban J connectivity index is 1.58. The molecule has 2 heterocycles. The van der Waals surface area contributed by atoms with Crippen molar-refractivity contribution in [1.29, 1.82) is 0 Å². The minimum Gasteiger partial charge on any atom is -0.392 e. The summed E-state index contributed by atoms with van der Waals surface area (Å²) in [5.74, 6) is -0.0559. The molecule has 2 atom stereocenters. The summed E-state index contributed by atoms with van der Waals surface area (Å²) in [5.41, 5.74) is 3.31. The largest absolute Gasteiger partial charge is 0.392 e. The van der Waals surface area contributed by atoms with Gasteiger partial charge in [0.2, 0.25) is 5.91 Å². The first-order chi connectivity index (χ1) is 11.2. The first-order valence-corrected chi connectivity index (χ1v) is 8.89. The van der Waals surface area contributed by atoms with E-state index in [0.29, 0.717) is 19.5 Å². The average Bonchev–Trinajstić information content (AvgIpc) is 3.21. The molecule has 23 heavy (non-hydrogen) atoms. The fourth-order valence-corrected chi connectivity index (χ4v) is 3.35. The van der Waals surface area contributed by atoms with Crippen molar-refractivity contribution in [3.05, 3.63) is 42.1 Å². The summed E-state index contributed by atoms with van der Waals surface area (Å²) in [4.78, 5) is 16.5. The zero-order valence-electron chi connectivity index (χ0n) is 13.0. The molecule has 1 aromatic heterocycles. The standard InChI is InChI=1S/C17H21N3O2S/c1-23-15-6-7-18-16(15)12-4-2-11(3-5-12)9-20-17(22)14-8-13(21)10-19-14/h2-7,13-14,18-19,21H,8-10H2,1H3,(H,20,22). The van der Waals surface area contributed by atoms with E-state index < -0.39 is 6.10 Å². The van der Waals surface area contributed by atoms with Crippen molar-refractivity contribution in [3.8, 4) is 11.3 Å². The normalized spacial score (nSPS) is 20.6. The van der Waals surface area contributed by atoms with Gasteiger partial charge in [-0.3, -0.25) is 4.79 Å². The van der Waals surface area contributed by atoms with Gasteiger partial charge in [-0.1, -0.05) is 24.3 Å². The van der Waals surface area contributed by atoms with Crippen LogP contribution in [0.1, 0.15) is 12.0 Å². The Hall–Kier alpha value is -1.76. The first-order valence-electron chi connectivity index (χ1n) is 7.67. The van der Waals surface area contributed by atoms with Crippen LogP contribution in [0.15, 0.2) is 41.4 Å². The molecule has 0 aliphatic carbocycles. The molecule has 1 fully saturated rings. The van der Waals surface area contributed by atoms with Crippen LogP contribution in [0.3, 0.4) is 0 Å². The lowest BCUT2D eigenvalue weighted by molar-refractivity contribution is -0.123. The van der Waals surface area contributed by atoms with E-state index in [1.54, 1.807) is 11.8 Å². The Morgan fingerprint density at radius 2 is 2.13 bits per heavy atom. The fraction of sp³-hybridized carbons (Fsp3) is 0.353. The van der Waals surface area contributed by atoms with Gasteiger partial charge in [0.1, 0.15) is 0 Å². The molecule has 1 saturated heterocycles. The molecule has 1 aliphatic heterocycles. The Labute approximate surface area is 139 Å². The molecule has 2 aromatic rings. The molecule has 2 unspecified atom stereocenters. The van der Waals surface area contributed by atoms with E-state index in [-0.39, 0.29) is 11.9 Å². The van der Waals surface area contributed by atoms with Gasteiger partial charge in [-0.2, -0.15) is 0 Å². The summed E-state index contributed by atoms with van der Waals surface area (Å²) in [5, 5.41) is 15.4. The highest BCUT2D eigenvalue weighted by Gasteiger charge is 2.27. The number of benzene rings is 1. The van der Waals surface area contributed by atoms with Crippen LogP contribution in [0.25, 0.3) is 11.3 Å². The molecule has 3 rings (SSSR count). The zero-order chi connectivity index (χ0) is 16.2. The van der Waals surface area contributed by atoms with Crippen molar-refractivity contribution in [1.82, 2.24) is 15.6 Å². The van der Waals surface area contributed by atoms with E-state index in [0.717, 1.165) is 16.8 Å². The molecule has 0 saturated carbocycles. The molecule has 122 valence electrons. The summed E-state index contributed by atoms with van der Waals surface area (Å²) >= 11 is 1.71. The van der Waals surface area contributed by atoms with Crippen molar-refractivity contribution < 1.29 is 9.90 Å². The highest BCUT2D eigenvalue weighted by atomic mass is 32.2. The third kappa shape index (κ3) is 3.77. The Kier molecular flexibility index (Phi) is 5.05. The monoisotopic (exact) mass is 331 g/mol. The van der Waals surface area contributed by atoms with Gasteiger partial charge in [0.25, 0.3) is 0 Å². The lowest BCUT2D eigenvalue weighted by Gasteiger charge is -2.11. The van der Waals surface area contributed by atoms with Crippen molar-refractivity contribution in [2.45, 2.75) is 30.0 Å². The van der Waals surface area contributed by atoms with Crippen molar-refractivity contribution in [2.75, 3.05) is 12.8 Å². The second-order valence-corrected chi connectivity index (χ2v) is 6.53. The molecule has 1 aromatic carbocycles. The molecular formula is C17H21N3O2S. The molecule has 6 heteroatoms. The second kappa shape index (κ2) is 7.21. The second-order valence-electron chi connectivity index (χ2n) is 5.69. The number of nitrogens with one attached hydrogen (secondary N) is 3. The van der Waals surface area contributed by atoms with Gasteiger partial charge in [-0.15, -0.1) is 11.8 Å². The maximum atomic E-state index is 12.0. The lowest BCUT2D eigenvalue weighted by Crippen LogP contribution is -2.39. The van der Waals surface area contributed by atoms with Crippen LogP contribution in [0.5, 0.6) is 0 Å². The highest BCUT2D eigenvalue weighted by molar-refractivity contribution is 7.98. The fourth-order valence-electron chi connectivity index (χ4n) is 2.77. The lowest BCUT2D eigenvalue weighted by atomic mass is 10.1. The van der Waals surface area contributed by atoms with Gasteiger partial charge in [0, 0.05) is 24.2 Å². The van der Waals surface area contributed by atoms with Crippen molar-refractivity contribution in [2.24, 2.45) is 0 Å². The quantitative estimate of drug-likeness (QED) is 0.630. The van der Waals surface area contributed by atoms with E-state index >= 15 is 0 Å². The summed E-state index contributed by atoms with van der Waals surface area (Å²) in [7, 11) is 0. The van der Waals surface area contributed by atoms with Crippen LogP contribution in [-0.4, -0.2) is 40.9 Å². The molecule has 5 nitrogen and oxygen atoms in total. The predicted octanol–water partition coefficient (Wildman–Crippen LogP) is 1.74. The topological polar surface area (TPSA) is 77.2 Å². The Bertz CT molecular complexity index is 669. The number of amides is 1. The minimum atomic E-state index is -0.420. The average molecular weight is 331 g/mol. The number of H-pyrrole nitrogens is 1. The molecule has 1 aliphatic rings. The number of hydrogen-bond acceptors (Lipinski definition) is 4. The number of thioether (sulfide) groups is 1. The summed E-state index contributed by atoms with van der Waals surface area (Å²) in [6, 6.07) is 9.95. The van der Waals surface area contributed by atoms with Crippen LogP contribution < -0.4 is 10.6 Å². The third-order valence-electron chi connectivity index (χ3n) is 4.06. The van der Waals surface area contributed by atoms with Crippen LogP contribution in [0, 0.1) is 0 Å². The van der Waals surface area contributed by atoms with E-state index in [4.69, 9.17) is 0 Å². The maximum Gasteiger partial charge on any atom is 0.237 e. The first kappa shape index (κ1) is 16.1. The van der Waals surface area contributed by atoms with E-state index in [1.165, 1.54) is 4.90 Å². The number of aliphatic hydroxyl groups is 1. The molecule has 0 radical (unpaired) electrons. The number of aliphatic hydroxyl groups excluding tert-OH is 1. The van der Waals surface area contributed by atoms with E-state index in [1.807, 2.05) is 18.3 Å². The van der Waals surface area contributed by atoms with Crippen LogP contribution in [-0.2, 0) is 11.3 Å². The Morgan fingerprint density at radius 3 is 2.78 bits per heavy atom. The van der Waals surface area contributed by atoms with Gasteiger partial charge < -0.3 is 20.7 Å². The molecule has 0 spiro atoms. The van der Waals surface area contributed by atoms with Gasteiger partial charge in [-0.25, -0.2) is 0 Å². The highest BCUT2D eigenvalue weighted by Crippen LogP contribution is 2.28. The zero-order valence-corrected chi connectivity index (χ0v) is 13.8. The smallest absolute Gasteiger partial charge is 0.237 e. The van der Waals surface area contributed by atoms with Crippen LogP contribution in [0.2, 0.25) is 0 Å². The number of aromatic nitrogens is 1.